The van der Waals surface area contributed by atoms with E-state index in [-0.39, 0.29) is 5.91 Å². The summed E-state index contributed by atoms with van der Waals surface area (Å²) in [6, 6.07) is 9.50. The van der Waals surface area contributed by atoms with Crippen molar-refractivity contribution in [1.29, 1.82) is 0 Å². The maximum Gasteiger partial charge on any atom is 0.234 e. The lowest BCUT2D eigenvalue weighted by atomic mass is 9.86. The zero-order chi connectivity index (χ0) is 15.0. The molecular formula is C16H15N3OS. The van der Waals surface area contributed by atoms with Gasteiger partial charge in [0, 0.05) is 29.3 Å². The number of aromatic nitrogens is 1. The topological polar surface area (TPSA) is 54.0 Å². The van der Waals surface area contributed by atoms with Crippen molar-refractivity contribution in [1.82, 2.24) is 4.98 Å². The molecule has 0 atom stereocenters. The molecule has 1 aliphatic heterocycles. The minimum atomic E-state index is -0.523. The van der Waals surface area contributed by atoms with Crippen LogP contribution in [0.5, 0.6) is 0 Å². The van der Waals surface area contributed by atoms with Crippen molar-refractivity contribution in [2.45, 2.75) is 19.3 Å². The van der Waals surface area contributed by atoms with Crippen molar-refractivity contribution in [3.63, 3.8) is 0 Å². The third kappa shape index (κ3) is 2.40. The molecule has 0 saturated carbocycles. The lowest BCUT2D eigenvalue weighted by Gasteiger charge is -2.16. The Kier molecular flexibility index (Phi) is 3.22. The van der Waals surface area contributed by atoms with Crippen LogP contribution in [0.4, 0.5) is 11.4 Å². The molecule has 2 N–H and O–H groups in total. The van der Waals surface area contributed by atoms with Crippen molar-refractivity contribution in [3.05, 3.63) is 53.9 Å². The summed E-state index contributed by atoms with van der Waals surface area (Å²) in [6.45, 7) is 3.83. The van der Waals surface area contributed by atoms with Crippen LogP contribution in [-0.2, 0) is 10.2 Å². The summed E-state index contributed by atoms with van der Waals surface area (Å²) in [5, 5.41) is 6.10. The molecule has 1 amide bonds. The van der Waals surface area contributed by atoms with E-state index in [1.165, 1.54) is 0 Å². The van der Waals surface area contributed by atoms with E-state index in [2.05, 4.69) is 15.6 Å². The predicted octanol–water partition coefficient (Wildman–Crippen LogP) is 3.10. The van der Waals surface area contributed by atoms with Gasteiger partial charge in [0.2, 0.25) is 5.91 Å². The number of nitrogens with one attached hydrogen (secondary N) is 2. The standard InChI is InChI=1S/C16H15N3OS/c1-16(2)12-9-11(3-4-13(12)19-15(16)20)18-14(21)10-5-7-17-8-6-10/h3-9H,1-2H3,(H,18,21)(H,19,20). The third-order valence-corrected chi connectivity index (χ3v) is 4.05. The molecule has 0 spiro atoms. The van der Waals surface area contributed by atoms with Gasteiger partial charge in [-0.3, -0.25) is 9.78 Å². The van der Waals surface area contributed by atoms with E-state index in [0.29, 0.717) is 4.99 Å². The largest absolute Gasteiger partial charge is 0.346 e. The number of fused-ring (bicyclic) bond motifs is 1. The molecule has 0 bridgehead atoms. The van der Waals surface area contributed by atoms with Crippen molar-refractivity contribution in [2.24, 2.45) is 0 Å². The predicted molar refractivity (Wildman–Crippen MR) is 87.7 cm³/mol. The summed E-state index contributed by atoms with van der Waals surface area (Å²) < 4.78 is 0. The molecular weight excluding hydrogens is 282 g/mol. The fourth-order valence-electron chi connectivity index (χ4n) is 2.36. The van der Waals surface area contributed by atoms with Crippen LogP contribution in [0, 0.1) is 0 Å². The highest BCUT2D eigenvalue weighted by molar-refractivity contribution is 7.81. The number of carbonyl (C=O) groups excluding carboxylic acids is 1. The van der Waals surface area contributed by atoms with E-state index >= 15 is 0 Å². The second-order valence-electron chi connectivity index (χ2n) is 5.53. The van der Waals surface area contributed by atoms with Crippen LogP contribution in [0.15, 0.2) is 42.7 Å². The second kappa shape index (κ2) is 4.93. The Morgan fingerprint density at radius 3 is 2.67 bits per heavy atom. The lowest BCUT2D eigenvalue weighted by molar-refractivity contribution is -0.119. The fraction of sp³-hybridized carbons (Fsp3) is 0.188. The molecule has 1 aromatic carbocycles. The van der Waals surface area contributed by atoms with Gasteiger partial charge in [0.25, 0.3) is 0 Å². The molecule has 0 aliphatic carbocycles. The number of thiocarbonyl (C=S) groups is 1. The van der Waals surface area contributed by atoms with Gasteiger partial charge in [-0.15, -0.1) is 0 Å². The maximum atomic E-state index is 11.9. The first-order valence-corrected chi connectivity index (χ1v) is 7.06. The number of carbonyl (C=O) groups is 1. The highest BCUT2D eigenvalue weighted by atomic mass is 32.1. The molecule has 5 heteroatoms. The van der Waals surface area contributed by atoms with Gasteiger partial charge in [-0.05, 0) is 49.7 Å². The minimum absolute atomic E-state index is 0.0198. The van der Waals surface area contributed by atoms with Gasteiger partial charge in [0.15, 0.2) is 0 Å². The molecule has 0 radical (unpaired) electrons. The van der Waals surface area contributed by atoms with Gasteiger partial charge in [0.05, 0.1) is 5.41 Å². The SMILES string of the molecule is CC1(C)C(=O)Nc2ccc(NC(=S)c3ccncc3)cc21. The van der Waals surface area contributed by atoms with Gasteiger partial charge in [-0.25, -0.2) is 0 Å². The molecule has 106 valence electrons. The van der Waals surface area contributed by atoms with Crippen LogP contribution in [0.1, 0.15) is 25.0 Å². The number of hydrogen-bond acceptors (Lipinski definition) is 3. The summed E-state index contributed by atoms with van der Waals surface area (Å²) in [5.41, 5.74) is 3.11. The molecule has 1 aliphatic rings. The minimum Gasteiger partial charge on any atom is -0.346 e. The summed E-state index contributed by atoms with van der Waals surface area (Å²) in [7, 11) is 0. The molecule has 0 saturated heterocycles. The first kappa shape index (κ1) is 13.7. The van der Waals surface area contributed by atoms with Crippen molar-refractivity contribution < 1.29 is 4.79 Å². The number of hydrogen-bond donors (Lipinski definition) is 2. The lowest BCUT2D eigenvalue weighted by Crippen LogP contribution is -2.26. The first-order valence-electron chi connectivity index (χ1n) is 6.66. The van der Waals surface area contributed by atoms with Gasteiger partial charge in [-0.1, -0.05) is 12.2 Å². The number of pyridine rings is 1. The number of nitrogens with zero attached hydrogens (tertiary/aromatic N) is 1. The van der Waals surface area contributed by atoms with E-state index < -0.39 is 5.41 Å². The zero-order valence-electron chi connectivity index (χ0n) is 11.8. The van der Waals surface area contributed by atoms with E-state index in [4.69, 9.17) is 12.2 Å². The molecule has 1 aromatic heterocycles. The number of anilines is 2. The van der Waals surface area contributed by atoms with Crippen molar-refractivity contribution >= 4 is 34.5 Å². The molecule has 2 aromatic rings. The van der Waals surface area contributed by atoms with Crippen LogP contribution >= 0.6 is 12.2 Å². The number of benzene rings is 1. The molecule has 2 heterocycles. The highest BCUT2D eigenvalue weighted by Gasteiger charge is 2.38. The smallest absolute Gasteiger partial charge is 0.234 e. The normalized spacial score (nSPS) is 15.2. The van der Waals surface area contributed by atoms with Gasteiger partial charge in [0.1, 0.15) is 4.99 Å². The van der Waals surface area contributed by atoms with Crippen LogP contribution < -0.4 is 10.6 Å². The van der Waals surface area contributed by atoms with Crippen molar-refractivity contribution in [2.75, 3.05) is 10.6 Å². The van der Waals surface area contributed by atoms with E-state index in [1.54, 1.807) is 12.4 Å². The van der Waals surface area contributed by atoms with Crippen LogP contribution in [0.25, 0.3) is 0 Å². The van der Waals surface area contributed by atoms with Gasteiger partial charge >= 0.3 is 0 Å². The highest BCUT2D eigenvalue weighted by Crippen LogP contribution is 2.38. The first-order chi connectivity index (χ1) is 9.98. The van der Waals surface area contributed by atoms with E-state index in [0.717, 1.165) is 22.5 Å². The third-order valence-electron chi connectivity index (χ3n) is 3.71. The van der Waals surface area contributed by atoms with Crippen LogP contribution in [-0.4, -0.2) is 15.9 Å². The second-order valence-corrected chi connectivity index (χ2v) is 5.94. The van der Waals surface area contributed by atoms with Crippen LogP contribution in [0.2, 0.25) is 0 Å². The summed E-state index contributed by atoms with van der Waals surface area (Å²) in [4.78, 5) is 16.6. The maximum absolute atomic E-state index is 11.9. The fourth-order valence-corrected chi connectivity index (χ4v) is 2.61. The summed E-state index contributed by atoms with van der Waals surface area (Å²) in [6.07, 6.45) is 3.41. The molecule has 21 heavy (non-hydrogen) atoms. The van der Waals surface area contributed by atoms with Crippen LogP contribution in [0.3, 0.4) is 0 Å². The monoisotopic (exact) mass is 297 g/mol. The molecule has 3 rings (SSSR count). The molecule has 4 nitrogen and oxygen atoms in total. The Labute approximate surface area is 128 Å². The van der Waals surface area contributed by atoms with E-state index in [9.17, 15) is 4.79 Å². The number of rotatable bonds is 2. The Hall–Kier alpha value is -2.27. The summed E-state index contributed by atoms with van der Waals surface area (Å²) in [5.74, 6) is 0.0198. The Balaban J connectivity index is 1.88. The van der Waals surface area contributed by atoms with Gasteiger partial charge in [-0.2, -0.15) is 0 Å². The summed E-state index contributed by atoms with van der Waals surface area (Å²) >= 11 is 5.39. The van der Waals surface area contributed by atoms with Gasteiger partial charge < -0.3 is 10.6 Å². The molecule has 0 unspecified atom stereocenters. The average Bonchev–Trinajstić information content (AvgIpc) is 2.70. The number of amides is 1. The Morgan fingerprint density at radius 2 is 1.95 bits per heavy atom. The van der Waals surface area contributed by atoms with E-state index in [1.807, 2.05) is 44.2 Å². The average molecular weight is 297 g/mol. The van der Waals surface area contributed by atoms with Crippen molar-refractivity contribution in [3.8, 4) is 0 Å². The molecule has 0 fully saturated rings. The Bertz CT molecular complexity index is 726. The Morgan fingerprint density at radius 1 is 1.24 bits per heavy atom. The quantitative estimate of drug-likeness (QED) is 0.836. The zero-order valence-corrected chi connectivity index (χ0v) is 12.6.